The maximum absolute atomic E-state index is 14.1. The zero-order valence-electron chi connectivity index (χ0n) is 18.3. The number of nitrogens with zero attached hydrogens (tertiary/aromatic N) is 5. The van der Waals surface area contributed by atoms with E-state index in [0.717, 1.165) is 5.69 Å². The summed E-state index contributed by atoms with van der Waals surface area (Å²) in [5, 5.41) is 4.62. The fourth-order valence-electron chi connectivity index (χ4n) is 4.67. The van der Waals surface area contributed by atoms with Gasteiger partial charge in [-0.25, -0.2) is 14.1 Å². The highest BCUT2D eigenvalue weighted by atomic mass is 35.5. The van der Waals surface area contributed by atoms with Crippen molar-refractivity contribution in [2.45, 2.75) is 13.0 Å². The maximum Gasteiger partial charge on any atom is 0.234 e. The third-order valence-corrected chi connectivity index (χ3v) is 7.19. The molecule has 5 rings (SSSR count). The first-order valence-electron chi connectivity index (χ1n) is 10.9. The normalized spacial score (nSPS) is 20.2. The first-order valence-corrected chi connectivity index (χ1v) is 11.6. The first-order chi connectivity index (χ1) is 16.3. The van der Waals surface area contributed by atoms with Gasteiger partial charge >= 0.3 is 0 Å². The van der Waals surface area contributed by atoms with Gasteiger partial charge in [0.1, 0.15) is 11.7 Å². The fraction of sp³-hybridized carbons (Fsp3) is 0.292. The number of hydrogen-bond donors (Lipinski definition) is 0. The smallest absolute Gasteiger partial charge is 0.234 e. The second kappa shape index (κ2) is 9.00. The van der Waals surface area contributed by atoms with Gasteiger partial charge in [-0.3, -0.25) is 4.79 Å². The van der Waals surface area contributed by atoms with Crippen molar-refractivity contribution in [2.24, 2.45) is 10.9 Å². The molecule has 0 spiro atoms. The number of aromatic nitrogens is 2. The van der Waals surface area contributed by atoms with Crippen molar-refractivity contribution in [3.05, 3.63) is 75.9 Å². The zero-order chi connectivity index (χ0) is 24.0. The van der Waals surface area contributed by atoms with Crippen LogP contribution < -0.4 is 4.90 Å². The Labute approximate surface area is 205 Å². The highest BCUT2D eigenvalue weighted by molar-refractivity contribution is 6.42. The number of piperazine rings is 1. The largest absolute Gasteiger partial charge is 0.368 e. The Morgan fingerprint density at radius 2 is 1.74 bits per heavy atom. The van der Waals surface area contributed by atoms with Crippen molar-refractivity contribution in [1.29, 1.82) is 0 Å². The minimum absolute atomic E-state index is 0.136. The second-order valence-electron chi connectivity index (χ2n) is 8.38. The molecule has 2 aromatic carbocycles. The lowest BCUT2D eigenvalue weighted by Crippen LogP contribution is -2.53. The predicted octanol–water partition coefficient (Wildman–Crippen LogP) is 5.13. The van der Waals surface area contributed by atoms with E-state index in [1.54, 1.807) is 42.2 Å². The lowest BCUT2D eigenvalue weighted by Gasteiger charge is -2.40. The predicted molar refractivity (Wildman–Crippen MR) is 128 cm³/mol. The van der Waals surface area contributed by atoms with E-state index in [2.05, 4.69) is 15.0 Å². The standard InChI is InChI=1S/C24H21Cl2F2N5O/c1-14-21(24(34)32-11-9-31(10-12-32)16-7-5-15(27)6-8-16)23(17-3-2-4-18(25)22(17)26)33-20(29-14)13-19(28)30-33/h2-8,13,21,23H,9-12H2,1H3. The van der Waals surface area contributed by atoms with Crippen molar-refractivity contribution < 1.29 is 13.6 Å². The van der Waals surface area contributed by atoms with Crippen molar-refractivity contribution in [3.63, 3.8) is 0 Å². The number of benzene rings is 2. The molecule has 176 valence electrons. The van der Waals surface area contributed by atoms with Gasteiger partial charge in [0.15, 0.2) is 5.82 Å². The number of aliphatic imine (C=N–C) groups is 1. The molecule has 0 radical (unpaired) electrons. The molecule has 2 aliphatic rings. The molecular formula is C24H21Cl2F2N5O. The number of fused-ring (bicyclic) bond motifs is 1. The molecular weight excluding hydrogens is 483 g/mol. The van der Waals surface area contributed by atoms with Crippen LogP contribution in [0.4, 0.5) is 20.3 Å². The van der Waals surface area contributed by atoms with Crippen LogP contribution in [0, 0.1) is 17.7 Å². The summed E-state index contributed by atoms with van der Waals surface area (Å²) in [7, 11) is 0. The summed E-state index contributed by atoms with van der Waals surface area (Å²) in [6, 6.07) is 12.0. The van der Waals surface area contributed by atoms with E-state index in [4.69, 9.17) is 23.2 Å². The molecule has 0 saturated carbocycles. The molecule has 1 fully saturated rings. The molecule has 1 aromatic heterocycles. The van der Waals surface area contributed by atoms with Crippen molar-refractivity contribution in [1.82, 2.24) is 14.7 Å². The third kappa shape index (κ3) is 4.05. The third-order valence-electron chi connectivity index (χ3n) is 6.36. The Hall–Kier alpha value is -2.97. The van der Waals surface area contributed by atoms with Crippen molar-refractivity contribution in [2.75, 3.05) is 31.1 Å². The SMILES string of the molecule is CC1=Nc2cc(F)nn2C(c2cccc(Cl)c2Cl)C1C(=O)N1CCN(c2ccc(F)cc2)CC1. The number of anilines is 1. The van der Waals surface area contributed by atoms with Crippen LogP contribution in [0.1, 0.15) is 18.5 Å². The lowest BCUT2D eigenvalue weighted by atomic mass is 9.86. The summed E-state index contributed by atoms with van der Waals surface area (Å²) in [6.45, 7) is 3.93. The summed E-state index contributed by atoms with van der Waals surface area (Å²) < 4.78 is 28.8. The van der Waals surface area contributed by atoms with Gasteiger partial charge in [-0.2, -0.15) is 4.39 Å². The van der Waals surface area contributed by atoms with Crippen LogP contribution in [0.15, 0.2) is 53.5 Å². The van der Waals surface area contributed by atoms with Crippen LogP contribution in [0.5, 0.6) is 0 Å². The van der Waals surface area contributed by atoms with Gasteiger partial charge in [0, 0.05) is 43.6 Å². The monoisotopic (exact) mass is 503 g/mol. The minimum Gasteiger partial charge on any atom is -0.368 e. The molecule has 2 atom stereocenters. The van der Waals surface area contributed by atoms with E-state index < -0.39 is 17.9 Å². The van der Waals surface area contributed by atoms with Crippen molar-refractivity contribution >= 4 is 46.3 Å². The maximum atomic E-state index is 14.1. The van der Waals surface area contributed by atoms with E-state index in [-0.39, 0.29) is 11.7 Å². The van der Waals surface area contributed by atoms with E-state index in [0.29, 0.717) is 53.3 Å². The topological polar surface area (TPSA) is 53.7 Å². The molecule has 0 aliphatic carbocycles. The number of hydrogen-bond acceptors (Lipinski definition) is 4. The number of amides is 1. The Bertz CT molecular complexity index is 1270. The zero-order valence-corrected chi connectivity index (χ0v) is 19.8. The van der Waals surface area contributed by atoms with Gasteiger partial charge in [0.25, 0.3) is 0 Å². The van der Waals surface area contributed by atoms with Gasteiger partial charge in [0.2, 0.25) is 11.9 Å². The van der Waals surface area contributed by atoms with Crippen molar-refractivity contribution in [3.8, 4) is 0 Å². The highest BCUT2D eigenvalue weighted by Gasteiger charge is 2.42. The summed E-state index contributed by atoms with van der Waals surface area (Å²) in [4.78, 5) is 22.2. The summed E-state index contributed by atoms with van der Waals surface area (Å²) in [5.74, 6) is -1.51. The van der Waals surface area contributed by atoms with E-state index in [1.807, 2.05) is 0 Å². The van der Waals surface area contributed by atoms with Crippen LogP contribution in [0.2, 0.25) is 10.0 Å². The Balaban J connectivity index is 1.44. The van der Waals surface area contributed by atoms with Gasteiger partial charge in [-0.15, -0.1) is 5.10 Å². The second-order valence-corrected chi connectivity index (χ2v) is 9.16. The van der Waals surface area contributed by atoms with Gasteiger partial charge in [-0.1, -0.05) is 35.3 Å². The summed E-state index contributed by atoms with van der Waals surface area (Å²) in [5.41, 5.74) is 2.04. The number of carbonyl (C=O) groups is 1. The molecule has 0 N–H and O–H groups in total. The van der Waals surface area contributed by atoms with Gasteiger partial charge in [0.05, 0.1) is 16.1 Å². The highest BCUT2D eigenvalue weighted by Crippen LogP contribution is 2.41. The molecule has 6 nitrogen and oxygen atoms in total. The molecule has 34 heavy (non-hydrogen) atoms. The van der Waals surface area contributed by atoms with Gasteiger partial charge in [-0.05, 0) is 42.8 Å². The summed E-state index contributed by atoms with van der Waals surface area (Å²) in [6.07, 6.45) is 0. The van der Waals surface area contributed by atoms with Crippen LogP contribution >= 0.6 is 23.2 Å². The average molecular weight is 504 g/mol. The van der Waals surface area contributed by atoms with E-state index in [1.165, 1.54) is 22.9 Å². The molecule has 1 amide bonds. The Morgan fingerprint density at radius 1 is 1.03 bits per heavy atom. The van der Waals surface area contributed by atoms with Crippen LogP contribution in [0.25, 0.3) is 0 Å². The minimum atomic E-state index is -0.722. The number of halogens is 4. The quantitative estimate of drug-likeness (QED) is 0.497. The molecule has 1 saturated heterocycles. The number of carbonyl (C=O) groups excluding carboxylic acids is 1. The molecule has 10 heteroatoms. The van der Waals surface area contributed by atoms with E-state index in [9.17, 15) is 13.6 Å². The lowest BCUT2D eigenvalue weighted by molar-refractivity contribution is -0.134. The molecule has 3 aromatic rings. The molecule has 3 heterocycles. The number of rotatable bonds is 3. The average Bonchev–Trinajstić information content (AvgIpc) is 3.20. The van der Waals surface area contributed by atoms with Crippen LogP contribution in [-0.4, -0.2) is 52.5 Å². The summed E-state index contributed by atoms with van der Waals surface area (Å²) >= 11 is 12.8. The van der Waals surface area contributed by atoms with Crippen LogP contribution in [0.3, 0.4) is 0 Å². The fourth-order valence-corrected chi connectivity index (χ4v) is 5.09. The van der Waals surface area contributed by atoms with Crippen LogP contribution in [-0.2, 0) is 4.79 Å². The molecule has 0 bridgehead atoms. The first kappa shape index (κ1) is 22.8. The molecule has 2 unspecified atom stereocenters. The van der Waals surface area contributed by atoms with Gasteiger partial charge < -0.3 is 9.80 Å². The van der Waals surface area contributed by atoms with E-state index >= 15 is 0 Å². The Morgan fingerprint density at radius 3 is 2.44 bits per heavy atom. The molecule has 2 aliphatic heterocycles. The Kier molecular flexibility index (Phi) is 6.04.